The van der Waals surface area contributed by atoms with Crippen molar-refractivity contribution in [2.24, 2.45) is 0 Å². The maximum absolute atomic E-state index is 11.8. The molecule has 0 rings (SSSR count). The van der Waals surface area contributed by atoms with Crippen LogP contribution in [0.4, 0.5) is 19.4 Å². The summed E-state index contributed by atoms with van der Waals surface area (Å²) in [7, 11) is -9.32. The van der Waals surface area contributed by atoms with Crippen LogP contribution in [0.2, 0.25) is 0 Å². The molecule has 0 aliphatic rings. The normalized spacial score (nSPS) is 17.1. The van der Waals surface area contributed by atoms with Crippen LogP contribution < -0.4 is 0 Å². The van der Waals surface area contributed by atoms with E-state index in [1.807, 2.05) is 0 Å². The van der Waals surface area contributed by atoms with E-state index >= 15 is 0 Å². The third-order valence-electron chi connectivity index (χ3n) is 1.88. The van der Waals surface area contributed by atoms with E-state index in [9.17, 15) is 19.4 Å². The quantitative estimate of drug-likeness (QED) is 0.273. The molecule has 0 saturated carbocycles. The van der Waals surface area contributed by atoms with Gasteiger partial charge < -0.3 is 0 Å². The molecule has 0 aromatic rings. The first-order valence-corrected chi connectivity index (χ1v) is 7.08. The molecule has 0 nitrogen and oxygen atoms in total. The van der Waals surface area contributed by atoms with E-state index in [0.29, 0.717) is 12.5 Å². The number of halogens is 5. The molecule has 0 aromatic heterocycles. The van der Waals surface area contributed by atoms with Gasteiger partial charge in [0.05, 0.1) is 5.41 Å². The number of hydrogen-bond acceptors (Lipinski definition) is 0. The molecular weight excluding hydrogens is 247 g/mol. The zero-order valence-electron chi connectivity index (χ0n) is 8.98. The lowest BCUT2D eigenvalue weighted by atomic mass is 10.1. The van der Waals surface area contributed by atoms with E-state index in [1.54, 1.807) is 6.08 Å². The molecule has 0 aliphatic carbocycles. The van der Waals surface area contributed by atoms with E-state index in [4.69, 9.17) is 0 Å². The Balaban J connectivity index is 3.68. The lowest BCUT2D eigenvalue weighted by Gasteiger charge is -2.36. The molecular formula is C10H17F5S. The van der Waals surface area contributed by atoms with Gasteiger partial charge in [-0.3, -0.25) is 0 Å². The smallest absolute Gasteiger partial charge is 0.103 e. The summed E-state index contributed by atoms with van der Waals surface area (Å²) in [6.45, 7) is 3.53. The fourth-order valence-corrected chi connectivity index (χ4v) is 1.65. The second kappa shape index (κ2) is 4.77. The van der Waals surface area contributed by atoms with Crippen molar-refractivity contribution in [3.05, 3.63) is 24.1 Å². The van der Waals surface area contributed by atoms with E-state index in [1.165, 1.54) is 0 Å². The highest BCUT2D eigenvalue weighted by Crippen LogP contribution is 2.98. The standard InChI is InChI=1S/C10H17F5S/c1-2-3-4-5-6-7-8-9-10-16(11,12,13,14)15/h2,9-10H,1,3-8H2. The molecule has 0 aromatic carbocycles. The van der Waals surface area contributed by atoms with Gasteiger partial charge in [-0.05, 0) is 25.7 Å². The highest BCUT2D eigenvalue weighted by Gasteiger charge is 2.60. The van der Waals surface area contributed by atoms with Gasteiger partial charge in [0, 0.05) is 0 Å². The van der Waals surface area contributed by atoms with Crippen molar-refractivity contribution in [2.45, 2.75) is 38.5 Å². The van der Waals surface area contributed by atoms with Gasteiger partial charge in [0.25, 0.3) is 0 Å². The first-order chi connectivity index (χ1) is 7.04. The predicted molar refractivity (Wildman–Crippen MR) is 60.2 cm³/mol. The van der Waals surface area contributed by atoms with Gasteiger partial charge in [-0.25, -0.2) is 0 Å². The Morgan fingerprint density at radius 1 is 0.812 bits per heavy atom. The van der Waals surface area contributed by atoms with Crippen molar-refractivity contribution < 1.29 is 19.4 Å². The second-order valence-corrected chi connectivity index (χ2v) is 6.01. The van der Waals surface area contributed by atoms with Crippen LogP contribution in [0.5, 0.6) is 0 Å². The summed E-state index contributed by atoms with van der Waals surface area (Å²) in [4.78, 5) is 0. The van der Waals surface area contributed by atoms with Crippen molar-refractivity contribution >= 4 is 10.2 Å². The topological polar surface area (TPSA) is 0 Å². The first kappa shape index (κ1) is 15.5. The Bertz CT molecular complexity index is 250. The monoisotopic (exact) mass is 264 g/mol. The third-order valence-corrected chi connectivity index (χ3v) is 2.59. The average Bonchev–Trinajstić information content (AvgIpc) is 2.05. The van der Waals surface area contributed by atoms with Crippen molar-refractivity contribution in [3.63, 3.8) is 0 Å². The Morgan fingerprint density at radius 3 is 1.75 bits per heavy atom. The van der Waals surface area contributed by atoms with Crippen LogP contribution in [-0.2, 0) is 0 Å². The maximum Gasteiger partial charge on any atom is 0.304 e. The molecule has 6 heteroatoms. The average molecular weight is 264 g/mol. The lowest BCUT2D eigenvalue weighted by molar-refractivity contribution is 0.384. The largest absolute Gasteiger partial charge is 0.304 e. The molecule has 0 spiro atoms. The molecule has 0 amide bonds. The third kappa shape index (κ3) is 13.5. The summed E-state index contributed by atoms with van der Waals surface area (Å²) < 4.78 is 59.0. The number of rotatable bonds is 8. The molecule has 0 saturated heterocycles. The molecule has 0 unspecified atom stereocenters. The Labute approximate surface area is 92.9 Å². The Hall–Kier alpha value is -0.520. The summed E-state index contributed by atoms with van der Waals surface area (Å²) >= 11 is 0. The summed E-state index contributed by atoms with van der Waals surface area (Å²) in [5, 5.41) is -0.857. The number of allylic oxidation sites excluding steroid dienone is 2. The van der Waals surface area contributed by atoms with Gasteiger partial charge in [-0.2, -0.15) is 0 Å². The Morgan fingerprint density at radius 2 is 1.31 bits per heavy atom. The van der Waals surface area contributed by atoms with Crippen molar-refractivity contribution in [1.82, 2.24) is 0 Å². The molecule has 0 radical (unpaired) electrons. The lowest BCUT2D eigenvalue weighted by Crippen LogP contribution is -1.98. The van der Waals surface area contributed by atoms with Gasteiger partial charge in [0.15, 0.2) is 0 Å². The molecule has 0 aliphatic heterocycles. The maximum atomic E-state index is 11.8. The molecule has 0 atom stereocenters. The summed E-state index contributed by atoms with van der Waals surface area (Å²) in [5.41, 5.74) is 0. The van der Waals surface area contributed by atoms with Crippen LogP contribution in [-0.4, -0.2) is 0 Å². The number of unbranched alkanes of at least 4 members (excludes halogenated alkanes) is 5. The molecule has 0 bridgehead atoms. The zero-order valence-corrected chi connectivity index (χ0v) is 9.80. The molecule has 16 heavy (non-hydrogen) atoms. The van der Waals surface area contributed by atoms with Crippen molar-refractivity contribution in [2.75, 3.05) is 0 Å². The van der Waals surface area contributed by atoms with Crippen LogP contribution in [0.25, 0.3) is 0 Å². The summed E-state index contributed by atoms with van der Waals surface area (Å²) in [6, 6.07) is 0. The fraction of sp³-hybridized carbons (Fsp3) is 0.600. The highest BCUT2D eigenvalue weighted by atomic mass is 32.5. The number of hydrogen-bond donors (Lipinski definition) is 0. The van der Waals surface area contributed by atoms with Gasteiger partial charge in [-0.15, -0.1) is 6.58 Å². The summed E-state index contributed by atoms with van der Waals surface area (Å²) in [5.74, 6) is 0. The SMILES string of the molecule is C=CCCCCCCC=CS(F)(F)(F)(F)F. The van der Waals surface area contributed by atoms with Crippen LogP contribution in [0.3, 0.4) is 0 Å². The fourth-order valence-electron chi connectivity index (χ4n) is 1.15. The van der Waals surface area contributed by atoms with Gasteiger partial charge in [-0.1, -0.05) is 44.4 Å². The van der Waals surface area contributed by atoms with E-state index in [0.717, 1.165) is 25.7 Å². The highest BCUT2D eigenvalue weighted by molar-refractivity contribution is 8.48. The molecule has 0 heterocycles. The van der Waals surface area contributed by atoms with E-state index in [2.05, 4.69) is 6.58 Å². The summed E-state index contributed by atoms with van der Waals surface area (Å²) in [6.07, 6.45) is 6.29. The van der Waals surface area contributed by atoms with E-state index in [-0.39, 0.29) is 6.42 Å². The molecule has 0 N–H and O–H groups in total. The van der Waals surface area contributed by atoms with Crippen LogP contribution in [0.15, 0.2) is 24.1 Å². The zero-order chi connectivity index (χ0) is 12.8. The minimum absolute atomic E-state index is 0.0414. The van der Waals surface area contributed by atoms with Crippen LogP contribution in [0.1, 0.15) is 38.5 Å². The van der Waals surface area contributed by atoms with Gasteiger partial charge in [0.1, 0.15) is 0 Å². The van der Waals surface area contributed by atoms with Crippen molar-refractivity contribution in [3.8, 4) is 0 Å². The molecule has 0 fully saturated rings. The minimum Gasteiger partial charge on any atom is -0.103 e. The van der Waals surface area contributed by atoms with Gasteiger partial charge in [0.2, 0.25) is 0 Å². The van der Waals surface area contributed by atoms with E-state index < -0.39 is 15.6 Å². The first-order valence-electron chi connectivity index (χ1n) is 5.07. The second-order valence-electron chi connectivity index (χ2n) is 3.68. The van der Waals surface area contributed by atoms with Crippen LogP contribution >= 0.6 is 10.2 Å². The molecule has 98 valence electrons. The Kier molecular flexibility index (Phi) is 4.62. The van der Waals surface area contributed by atoms with Crippen LogP contribution in [0, 0.1) is 0 Å². The predicted octanol–water partition coefficient (Wildman–Crippen LogP) is 6.33. The minimum atomic E-state index is -9.32. The van der Waals surface area contributed by atoms with Gasteiger partial charge >= 0.3 is 10.2 Å². The van der Waals surface area contributed by atoms with Crippen molar-refractivity contribution in [1.29, 1.82) is 0 Å².